The first-order valence-electron chi connectivity index (χ1n) is 11.0. The van der Waals surface area contributed by atoms with E-state index in [1.165, 1.54) is 25.3 Å². The van der Waals surface area contributed by atoms with Gasteiger partial charge >= 0.3 is 6.18 Å². The number of benzene rings is 1. The third kappa shape index (κ3) is 4.41. The summed E-state index contributed by atoms with van der Waals surface area (Å²) in [6, 6.07) is 3.57. The lowest BCUT2D eigenvalue weighted by atomic mass is 9.83. The molecule has 1 aromatic carbocycles. The number of piperidine rings is 1. The van der Waals surface area contributed by atoms with Gasteiger partial charge in [-0.3, -0.25) is 4.57 Å². The Morgan fingerprint density at radius 1 is 1.09 bits per heavy atom. The summed E-state index contributed by atoms with van der Waals surface area (Å²) in [5.41, 5.74) is 0.779. The van der Waals surface area contributed by atoms with E-state index in [0.717, 1.165) is 56.0 Å². The lowest BCUT2D eigenvalue weighted by Crippen LogP contribution is -2.30. The van der Waals surface area contributed by atoms with Gasteiger partial charge in [-0.05, 0) is 50.0 Å². The first kappa shape index (κ1) is 21.5. The zero-order valence-electron chi connectivity index (χ0n) is 17.4. The molecule has 0 amide bonds. The van der Waals surface area contributed by atoms with Crippen molar-refractivity contribution < 1.29 is 13.2 Å². The molecule has 1 aliphatic carbocycles. The van der Waals surface area contributed by atoms with Gasteiger partial charge in [-0.15, -0.1) is 0 Å². The summed E-state index contributed by atoms with van der Waals surface area (Å²) in [4.78, 5) is 14.0. The molecule has 3 heterocycles. The lowest BCUT2D eigenvalue weighted by molar-refractivity contribution is -0.137. The van der Waals surface area contributed by atoms with E-state index in [1.54, 1.807) is 6.20 Å². The second-order valence-corrected chi connectivity index (χ2v) is 9.07. The quantitative estimate of drug-likeness (QED) is 0.521. The Bertz CT molecular complexity index is 1120. The van der Waals surface area contributed by atoms with Gasteiger partial charge in [0.15, 0.2) is 5.65 Å². The second-order valence-electron chi connectivity index (χ2n) is 8.63. The van der Waals surface area contributed by atoms with Crippen LogP contribution in [0.1, 0.15) is 49.5 Å². The molecule has 1 saturated carbocycles. The molecule has 6 nitrogen and oxygen atoms in total. The fourth-order valence-electron chi connectivity index (χ4n) is 4.43. The predicted molar refractivity (Wildman–Crippen MR) is 117 cm³/mol. The minimum atomic E-state index is -4.49. The van der Waals surface area contributed by atoms with Gasteiger partial charge in [0.25, 0.3) is 0 Å². The summed E-state index contributed by atoms with van der Waals surface area (Å²) in [6.45, 7) is 1.72. The van der Waals surface area contributed by atoms with E-state index in [0.29, 0.717) is 17.4 Å². The molecule has 0 radical (unpaired) electrons. The number of nitrogens with zero attached hydrogens (tertiary/aromatic N) is 4. The number of imidazole rings is 1. The van der Waals surface area contributed by atoms with E-state index in [1.807, 2.05) is 4.57 Å². The molecular weight excluding hydrogens is 441 g/mol. The highest BCUT2D eigenvalue weighted by molar-refractivity contribution is 6.31. The Kier molecular flexibility index (Phi) is 5.71. The molecule has 0 unspecified atom stereocenters. The fourth-order valence-corrected chi connectivity index (χ4v) is 4.67. The minimum Gasteiger partial charge on any atom is -0.325 e. The highest BCUT2D eigenvalue weighted by Gasteiger charge is 2.31. The monoisotopic (exact) mass is 464 g/mol. The summed E-state index contributed by atoms with van der Waals surface area (Å²) >= 11 is 5.98. The van der Waals surface area contributed by atoms with E-state index in [9.17, 15) is 13.2 Å². The molecule has 0 spiro atoms. The summed E-state index contributed by atoms with van der Waals surface area (Å²) in [7, 11) is 0. The maximum Gasteiger partial charge on any atom is 0.416 e. The zero-order valence-corrected chi connectivity index (χ0v) is 18.2. The van der Waals surface area contributed by atoms with Gasteiger partial charge in [0.2, 0.25) is 5.95 Å². The van der Waals surface area contributed by atoms with Crippen LogP contribution in [0.15, 0.2) is 24.4 Å². The SMILES string of the molecule is FC(F)(F)c1cc(Cl)cc(Nc2nc3cnc(CC4CCC4)nc3n2C2CCNCC2)c1. The van der Waals surface area contributed by atoms with Crippen molar-refractivity contribution in [3.05, 3.63) is 40.8 Å². The molecular formula is C22H24ClF3N6. The van der Waals surface area contributed by atoms with Crippen molar-refractivity contribution in [3.8, 4) is 0 Å². The van der Waals surface area contributed by atoms with Crippen molar-refractivity contribution in [1.82, 2.24) is 24.8 Å². The molecule has 5 rings (SSSR count). The smallest absolute Gasteiger partial charge is 0.325 e. The van der Waals surface area contributed by atoms with Crippen molar-refractivity contribution in [2.24, 2.45) is 5.92 Å². The number of fused-ring (bicyclic) bond motifs is 1. The van der Waals surface area contributed by atoms with Gasteiger partial charge in [0, 0.05) is 23.2 Å². The average molecular weight is 465 g/mol. The number of anilines is 2. The Balaban J connectivity index is 1.55. The van der Waals surface area contributed by atoms with Crippen LogP contribution < -0.4 is 10.6 Å². The van der Waals surface area contributed by atoms with Crippen LogP contribution in [-0.2, 0) is 12.6 Å². The van der Waals surface area contributed by atoms with E-state index in [2.05, 4.69) is 20.6 Å². The van der Waals surface area contributed by atoms with Gasteiger partial charge in [-0.1, -0.05) is 30.9 Å². The van der Waals surface area contributed by atoms with Gasteiger partial charge in [-0.2, -0.15) is 13.2 Å². The van der Waals surface area contributed by atoms with E-state index < -0.39 is 11.7 Å². The second kappa shape index (κ2) is 8.51. The number of nitrogens with one attached hydrogen (secondary N) is 2. The number of alkyl halides is 3. The normalized spacial score (nSPS) is 18.1. The molecule has 1 saturated heterocycles. The average Bonchev–Trinajstić information content (AvgIpc) is 3.07. The van der Waals surface area contributed by atoms with Crippen LogP contribution in [0.4, 0.5) is 24.8 Å². The third-order valence-electron chi connectivity index (χ3n) is 6.33. The van der Waals surface area contributed by atoms with Crippen LogP contribution in [0, 0.1) is 5.92 Å². The summed E-state index contributed by atoms with van der Waals surface area (Å²) in [5, 5.41) is 6.43. The molecule has 3 aromatic rings. The molecule has 10 heteroatoms. The number of aromatic nitrogens is 4. The van der Waals surface area contributed by atoms with Gasteiger partial charge in [-0.25, -0.2) is 15.0 Å². The van der Waals surface area contributed by atoms with Crippen LogP contribution in [0.3, 0.4) is 0 Å². The van der Waals surface area contributed by atoms with Gasteiger partial charge in [0.1, 0.15) is 11.3 Å². The minimum absolute atomic E-state index is 0.00873. The van der Waals surface area contributed by atoms with E-state index in [4.69, 9.17) is 16.6 Å². The Morgan fingerprint density at radius 2 is 1.88 bits per heavy atom. The highest BCUT2D eigenvalue weighted by atomic mass is 35.5. The van der Waals surface area contributed by atoms with Crippen LogP contribution in [-0.4, -0.2) is 32.6 Å². The van der Waals surface area contributed by atoms with Crippen molar-refractivity contribution in [2.45, 2.75) is 50.7 Å². The number of halogens is 4. The van der Waals surface area contributed by atoms with Crippen molar-refractivity contribution in [3.63, 3.8) is 0 Å². The van der Waals surface area contributed by atoms with Crippen LogP contribution in [0.25, 0.3) is 11.2 Å². The molecule has 170 valence electrons. The van der Waals surface area contributed by atoms with E-state index >= 15 is 0 Å². The predicted octanol–water partition coefficient (Wildman–Crippen LogP) is 5.51. The molecule has 0 bridgehead atoms. The van der Waals surface area contributed by atoms with Crippen molar-refractivity contribution in [1.29, 1.82) is 0 Å². The maximum absolute atomic E-state index is 13.3. The Labute approximate surface area is 188 Å². The molecule has 32 heavy (non-hydrogen) atoms. The number of rotatable bonds is 5. The lowest BCUT2D eigenvalue weighted by Gasteiger charge is -2.26. The van der Waals surface area contributed by atoms with E-state index in [-0.39, 0.29) is 16.8 Å². The topological polar surface area (TPSA) is 67.7 Å². The Morgan fingerprint density at radius 3 is 2.56 bits per heavy atom. The molecule has 1 aliphatic heterocycles. The summed E-state index contributed by atoms with van der Waals surface area (Å²) in [5.74, 6) is 1.89. The maximum atomic E-state index is 13.3. The number of hydrogen-bond acceptors (Lipinski definition) is 5. The highest BCUT2D eigenvalue weighted by Crippen LogP contribution is 2.36. The summed E-state index contributed by atoms with van der Waals surface area (Å²) < 4.78 is 41.8. The largest absolute Gasteiger partial charge is 0.416 e. The first-order chi connectivity index (χ1) is 15.4. The standard InChI is InChI=1S/C22H24ClF3N6/c23-15-9-14(22(24,25)26)10-16(11-15)29-21-30-18-12-28-19(8-13-2-1-3-13)31-20(18)32(21)17-4-6-27-7-5-17/h9-13,17,27H,1-8H2,(H,29,30). The van der Waals surface area contributed by atoms with Crippen LogP contribution in [0.2, 0.25) is 5.02 Å². The summed E-state index contributed by atoms with van der Waals surface area (Å²) in [6.07, 6.45) is 3.51. The zero-order chi connectivity index (χ0) is 22.3. The molecule has 2 N–H and O–H groups in total. The molecule has 0 atom stereocenters. The molecule has 2 aromatic heterocycles. The van der Waals surface area contributed by atoms with Crippen LogP contribution in [0.5, 0.6) is 0 Å². The van der Waals surface area contributed by atoms with Crippen molar-refractivity contribution in [2.75, 3.05) is 18.4 Å². The molecule has 2 aliphatic rings. The Hall–Kier alpha value is -2.39. The first-order valence-corrected chi connectivity index (χ1v) is 11.3. The van der Waals surface area contributed by atoms with Gasteiger partial charge < -0.3 is 10.6 Å². The molecule has 2 fully saturated rings. The third-order valence-corrected chi connectivity index (χ3v) is 6.55. The fraction of sp³-hybridized carbons (Fsp3) is 0.500. The van der Waals surface area contributed by atoms with Gasteiger partial charge in [0.05, 0.1) is 11.8 Å². The number of hydrogen-bond donors (Lipinski definition) is 2. The van der Waals surface area contributed by atoms with Crippen LogP contribution >= 0.6 is 11.6 Å². The van der Waals surface area contributed by atoms with Crippen molar-refractivity contribution >= 4 is 34.4 Å².